The zero-order chi connectivity index (χ0) is 12.1. The van der Waals surface area contributed by atoms with E-state index < -0.39 is 6.16 Å². The van der Waals surface area contributed by atoms with Gasteiger partial charge in [0.2, 0.25) is 0 Å². The van der Waals surface area contributed by atoms with Crippen LogP contribution in [0.3, 0.4) is 0 Å². The summed E-state index contributed by atoms with van der Waals surface area (Å²) in [5, 5.41) is 19.0. The van der Waals surface area contributed by atoms with Gasteiger partial charge in [0, 0.05) is 10.9 Å². The molecule has 2 N–H and O–H groups in total. The first-order valence-corrected chi connectivity index (χ1v) is 6.02. The molecule has 0 amide bonds. The van der Waals surface area contributed by atoms with Crippen LogP contribution in [0.4, 0.5) is 4.79 Å². The third-order valence-corrected chi connectivity index (χ3v) is 2.79. The number of phenolic OH excluding ortho intramolecular Hbond substituents is 1. The fourth-order valence-electron chi connectivity index (χ4n) is 1.49. The van der Waals surface area contributed by atoms with E-state index in [0.717, 1.165) is 17.5 Å². The van der Waals surface area contributed by atoms with E-state index in [4.69, 9.17) is 5.11 Å². The Kier molecular flexibility index (Phi) is 4.61. The number of phenols is 1. The third-order valence-electron chi connectivity index (χ3n) is 2.18. The van der Waals surface area contributed by atoms with Crippen molar-refractivity contribution in [3.05, 3.63) is 23.3 Å². The zero-order valence-electron chi connectivity index (χ0n) is 8.86. The standard InChI is InChI=1S/C11H13BrO4/c1-2-3-8-7(6-12)4-5-9(10(8)13)16-11(14)15/h4-5,13H,2-3,6H2,1H3,(H,14,15). The van der Waals surface area contributed by atoms with Crippen LogP contribution in [0, 0.1) is 0 Å². The number of benzene rings is 1. The molecule has 16 heavy (non-hydrogen) atoms. The minimum Gasteiger partial charge on any atom is -0.504 e. The Morgan fingerprint density at radius 3 is 2.69 bits per heavy atom. The predicted molar refractivity (Wildman–Crippen MR) is 63.4 cm³/mol. The first-order valence-electron chi connectivity index (χ1n) is 4.90. The third kappa shape index (κ3) is 2.88. The van der Waals surface area contributed by atoms with Crippen LogP contribution in [0.5, 0.6) is 11.5 Å². The summed E-state index contributed by atoms with van der Waals surface area (Å²) < 4.78 is 4.48. The quantitative estimate of drug-likeness (QED) is 0.507. The van der Waals surface area contributed by atoms with Crippen LogP contribution in [0.2, 0.25) is 0 Å². The molecule has 0 atom stereocenters. The number of carboxylic acid groups (broad SMARTS) is 1. The van der Waals surface area contributed by atoms with Gasteiger partial charge in [-0.2, -0.15) is 0 Å². The van der Waals surface area contributed by atoms with E-state index in [-0.39, 0.29) is 11.5 Å². The molecule has 0 fully saturated rings. The van der Waals surface area contributed by atoms with Crippen LogP contribution in [0.25, 0.3) is 0 Å². The van der Waals surface area contributed by atoms with Gasteiger partial charge in [0.15, 0.2) is 11.5 Å². The van der Waals surface area contributed by atoms with E-state index >= 15 is 0 Å². The van der Waals surface area contributed by atoms with Crippen LogP contribution in [-0.4, -0.2) is 16.4 Å². The average Bonchev–Trinajstić information content (AvgIpc) is 2.24. The highest BCUT2D eigenvalue weighted by molar-refractivity contribution is 9.08. The SMILES string of the molecule is CCCc1c(CBr)ccc(OC(=O)O)c1O. The molecule has 0 radical (unpaired) electrons. The van der Waals surface area contributed by atoms with Gasteiger partial charge < -0.3 is 14.9 Å². The maximum absolute atomic E-state index is 10.4. The van der Waals surface area contributed by atoms with Crippen LogP contribution in [0.15, 0.2) is 12.1 Å². The number of hydrogen-bond donors (Lipinski definition) is 2. The highest BCUT2D eigenvalue weighted by Crippen LogP contribution is 2.34. The van der Waals surface area contributed by atoms with Gasteiger partial charge in [0.25, 0.3) is 0 Å². The zero-order valence-corrected chi connectivity index (χ0v) is 10.5. The molecule has 0 spiro atoms. The van der Waals surface area contributed by atoms with Crippen LogP contribution in [0.1, 0.15) is 24.5 Å². The van der Waals surface area contributed by atoms with E-state index in [1.165, 1.54) is 6.07 Å². The van der Waals surface area contributed by atoms with Crippen molar-refractivity contribution in [2.45, 2.75) is 25.1 Å². The molecule has 0 aromatic heterocycles. The molecule has 0 saturated carbocycles. The number of aromatic hydroxyl groups is 1. The summed E-state index contributed by atoms with van der Waals surface area (Å²) in [4.78, 5) is 10.4. The van der Waals surface area contributed by atoms with Gasteiger partial charge in [-0.05, 0) is 18.1 Å². The van der Waals surface area contributed by atoms with E-state index in [1.807, 2.05) is 6.92 Å². The Morgan fingerprint density at radius 1 is 1.50 bits per heavy atom. The normalized spacial score (nSPS) is 10.1. The van der Waals surface area contributed by atoms with Crippen molar-refractivity contribution in [1.29, 1.82) is 0 Å². The number of rotatable bonds is 4. The Hall–Kier alpha value is -1.23. The summed E-state index contributed by atoms with van der Waals surface area (Å²) >= 11 is 3.32. The molecule has 0 aliphatic rings. The second-order valence-corrected chi connectivity index (χ2v) is 3.86. The number of ether oxygens (including phenoxy) is 1. The molecule has 0 saturated heterocycles. The maximum atomic E-state index is 10.4. The Morgan fingerprint density at radius 2 is 2.19 bits per heavy atom. The highest BCUT2D eigenvalue weighted by atomic mass is 79.9. The Balaban J connectivity index is 3.14. The van der Waals surface area contributed by atoms with Crippen molar-refractivity contribution in [3.8, 4) is 11.5 Å². The maximum Gasteiger partial charge on any atom is 0.511 e. The van der Waals surface area contributed by atoms with Crippen molar-refractivity contribution in [2.24, 2.45) is 0 Å². The molecule has 0 heterocycles. The van der Waals surface area contributed by atoms with Gasteiger partial charge in [0.05, 0.1) is 0 Å². The van der Waals surface area contributed by atoms with Crippen molar-refractivity contribution in [1.82, 2.24) is 0 Å². The highest BCUT2D eigenvalue weighted by Gasteiger charge is 2.14. The molecule has 0 aliphatic heterocycles. The van der Waals surface area contributed by atoms with Crippen LogP contribution >= 0.6 is 15.9 Å². The van der Waals surface area contributed by atoms with E-state index in [0.29, 0.717) is 11.8 Å². The fourth-order valence-corrected chi connectivity index (χ4v) is 2.01. The minimum atomic E-state index is -1.43. The molecule has 0 unspecified atom stereocenters. The summed E-state index contributed by atoms with van der Waals surface area (Å²) in [6.07, 6.45) is 0.123. The lowest BCUT2D eigenvalue weighted by Gasteiger charge is -2.11. The average molecular weight is 289 g/mol. The van der Waals surface area contributed by atoms with Crippen molar-refractivity contribution in [2.75, 3.05) is 0 Å². The Bertz CT molecular complexity index is 390. The summed E-state index contributed by atoms with van der Waals surface area (Å²) in [6, 6.07) is 3.21. The summed E-state index contributed by atoms with van der Waals surface area (Å²) in [7, 11) is 0. The molecule has 88 valence electrons. The first kappa shape index (κ1) is 12.8. The van der Waals surface area contributed by atoms with Gasteiger partial charge >= 0.3 is 6.16 Å². The first-order chi connectivity index (χ1) is 7.60. The number of hydrogen-bond acceptors (Lipinski definition) is 3. The monoisotopic (exact) mass is 288 g/mol. The summed E-state index contributed by atoms with van der Waals surface area (Å²) in [5.74, 6) is -0.0955. The number of carbonyl (C=O) groups is 1. The van der Waals surface area contributed by atoms with Gasteiger partial charge in [-0.15, -0.1) is 0 Å². The molecular weight excluding hydrogens is 276 g/mol. The van der Waals surface area contributed by atoms with Gasteiger partial charge in [-0.3, -0.25) is 0 Å². The predicted octanol–water partition coefficient (Wildman–Crippen LogP) is 3.30. The lowest BCUT2D eigenvalue weighted by molar-refractivity contribution is 0.143. The van der Waals surface area contributed by atoms with Gasteiger partial charge in [-0.1, -0.05) is 35.3 Å². The van der Waals surface area contributed by atoms with E-state index in [9.17, 15) is 9.90 Å². The van der Waals surface area contributed by atoms with Crippen molar-refractivity contribution in [3.63, 3.8) is 0 Å². The van der Waals surface area contributed by atoms with Crippen molar-refractivity contribution < 1.29 is 19.7 Å². The second kappa shape index (κ2) is 5.75. The molecule has 1 rings (SSSR count). The molecule has 0 bridgehead atoms. The topological polar surface area (TPSA) is 66.8 Å². The summed E-state index contributed by atoms with van der Waals surface area (Å²) in [6.45, 7) is 1.99. The largest absolute Gasteiger partial charge is 0.511 e. The molecule has 5 heteroatoms. The second-order valence-electron chi connectivity index (χ2n) is 3.30. The number of halogens is 1. The molecular formula is C11H13BrO4. The number of alkyl halides is 1. The van der Waals surface area contributed by atoms with Crippen molar-refractivity contribution >= 4 is 22.1 Å². The molecule has 1 aromatic rings. The lowest BCUT2D eigenvalue weighted by atomic mass is 10.0. The smallest absolute Gasteiger partial charge is 0.504 e. The van der Waals surface area contributed by atoms with Crippen LogP contribution in [-0.2, 0) is 11.8 Å². The van der Waals surface area contributed by atoms with Gasteiger partial charge in [0.1, 0.15) is 0 Å². The van der Waals surface area contributed by atoms with E-state index in [2.05, 4.69) is 20.7 Å². The molecule has 4 nitrogen and oxygen atoms in total. The fraction of sp³-hybridized carbons (Fsp3) is 0.364. The Labute approximate surface area is 102 Å². The molecule has 1 aromatic carbocycles. The van der Waals surface area contributed by atoms with E-state index in [1.54, 1.807) is 6.07 Å². The molecule has 0 aliphatic carbocycles. The lowest BCUT2D eigenvalue weighted by Crippen LogP contribution is -2.04. The minimum absolute atomic E-state index is 0.0133. The van der Waals surface area contributed by atoms with Crippen LogP contribution < -0.4 is 4.74 Å². The summed E-state index contributed by atoms with van der Waals surface area (Å²) in [5.41, 5.74) is 1.68. The van der Waals surface area contributed by atoms with Gasteiger partial charge in [-0.25, -0.2) is 4.79 Å².